The maximum atomic E-state index is 6.20. The van der Waals surface area contributed by atoms with Gasteiger partial charge in [0, 0.05) is 42.8 Å². The lowest BCUT2D eigenvalue weighted by atomic mass is 9.98. The molecule has 2 fully saturated rings. The highest BCUT2D eigenvalue weighted by Gasteiger charge is 2.38. The number of nitrogens with zero attached hydrogens (tertiary/aromatic N) is 1. The maximum Gasteiger partial charge on any atom is 0.123 e. The number of nitrogens with one attached hydrogen (secondary N) is 1. The van der Waals surface area contributed by atoms with Crippen molar-refractivity contribution in [1.82, 2.24) is 10.2 Å². The third kappa shape index (κ3) is 2.88. The largest absolute Gasteiger partial charge is 0.496 e. The molecule has 0 spiro atoms. The molecule has 19 heavy (non-hydrogen) atoms. The number of ether oxygens (including phenoxy) is 1. The zero-order valence-corrected chi connectivity index (χ0v) is 12.1. The van der Waals surface area contributed by atoms with Gasteiger partial charge in [0.25, 0.3) is 0 Å². The Balaban J connectivity index is 1.92. The first-order valence-corrected chi connectivity index (χ1v) is 7.45. The van der Waals surface area contributed by atoms with Crippen LogP contribution in [0.2, 0.25) is 5.02 Å². The second-order valence-electron chi connectivity index (χ2n) is 5.45. The number of hydrogen-bond donors (Lipinski definition) is 1. The number of benzene rings is 1. The predicted octanol–water partition coefficient (Wildman–Crippen LogP) is 2.70. The van der Waals surface area contributed by atoms with Gasteiger partial charge in [-0.1, -0.05) is 11.6 Å². The highest BCUT2D eigenvalue weighted by Crippen LogP contribution is 2.47. The number of methoxy groups -OCH3 is 1. The quantitative estimate of drug-likeness (QED) is 0.918. The minimum atomic E-state index is 0.468. The monoisotopic (exact) mass is 280 g/mol. The SMILES string of the molecule is COc1ccc(Cl)cc1[C@@H](C1CC1)N1CCNCC1. The van der Waals surface area contributed by atoms with E-state index in [0.29, 0.717) is 6.04 Å². The molecule has 1 saturated carbocycles. The number of piperazine rings is 1. The molecule has 1 aliphatic heterocycles. The molecule has 0 unspecified atom stereocenters. The minimum Gasteiger partial charge on any atom is -0.496 e. The summed E-state index contributed by atoms with van der Waals surface area (Å²) in [5.41, 5.74) is 1.26. The third-order valence-corrected chi connectivity index (χ3v) is 4.36. The fraction of sp³-hybridized carbons (Fsp3) is 0.600. The summed E-state index contributed by atoms with van der Waals surface area (Å²) in [6, 6.07) is 6.46. The molecule has 1 aromatic carbocycles. The molecule has 0 bridgehead atoms. The van der Waals surface area contributed by atoms with E-state index in [-0.39, 0.29) is 0 Å². The molecule has 1 heterocycles. The zero-order chi connectivity index (χ0) is 13.2. The number of halogens is 1. The van der Waals surface area contributed by atoms with Crippen LogP contribution in [-0.2, 0) is 0 Å². The first kappa shape index (κ1) is 13.2. The van der Waals surface area contributed by atoms with Crippen molar-refractivity contribution in [2.45, 2.75) is 18.9 Å². The number of rotatable bonds is 4. The van der Waals surface area contributed by atoms with Crippen molar-refractivity contribution in [3.05, 3.63) is 28.8 Å². The van der Waals surface area contributed by atoms with Crippen molar-refractivity contribution >= 4 is 11.6 Å². The van der Waals surface area contributed by atoms with Crippen LogP contribution in [0.25, 0.3) is 0 Å². The van der Waals surface area contributed by atoms with Crippen LogP contribution in [0, 0.1) is 5.92 Å². The number of hydrogen-bond acceptors (Lipinski definition) is 3. The molecule has 104 valence electrons. The van der Waals surface area contributed by atoms with Crippen LogP contribution in [0.3, 0.4) is 0 Å². The van der Waals surface area contributed by atoms with Crippen molar-refractivity contribution in [1.29, 1.82) is 0 Å². The normalized spacial score (nSPS) is 22.2. The van der Waals surface area contributed by atoms with Crippen LogP contribution in [-0.4, -0.2) is 38.2 Å². The topological polar surface area (TPSA) is 24.5 Å². The summed E-state index contributed by atoms with van der Waals surface area (Å²) in [6.07, 6.45) is 2.65. The van der Waals surface area contributed by atoms with Gasteiger partial charge in [-0.3, -0.25) is 4.90 Å². The first-order valence-electron chi connectivity index (χ1n) is 7.08. The summed E-state index contributed by atoms with van der Waals surface area (Å²) in [5, 5.41) is 4.22. The van der Waals surface area contributed by atoms with Crippen molar-refractivity contribution in [3.63, 3.8) is 0 Å². The molecule has 1 N–H and O–H groups in total. The minimum absolute atomic E-state index is 0.468. The maximum absolute atomic E-state index is 6.20. The Kier molecular flexibility index (Phi) is 3.96. The Bertz CT molecular complexity index is 442. The van der Waals surface area contributed by atoms with Crippen molar-refractivity contribution < 1.29 is 4.74 Å². The predicted molar refractivity (Wildman–Crippen MR) is 77.9 cm³/mol. The van der Waals surface area contributed by atoms with E-state index in [0.717, 1.165) is 42.9 Å². The van der Waals surface area contributed by atoms with Crippen molar-refractivity contribution in [2.24, 2.45) is 5.92 Å². The van der Waals surface area contributed by atoms with Crippen LogP contribution in [0.5, 0.6) is 5.75 Å². The second-order valence-corrected chi connectivity index (χ2v) is 5.89. The van der Waals surface area contributed by atoms with Gasteiger partial charge in [0.15, 0.2) is 0 Å². The lowest BCUT2D eigenvalue weighted by molar-refractivity contribution is 0.153. The van der Waals surface area contributed by atoms with E-state index >= 15 is 0 Å². The lowest BCUT2D eigenvalue weighted by Gasteiger charge is -2.36. The summed E-state index contributed by atoms with van der Waals surface area (Å²) in [4.78, 5) is 2.59. The van der Waals surface area contributed by atoms with E-state index in [2.05, 4.69) is 16.3 Å². The van der Waals surface area contributed by atoms with E-state index in [9.17, 15) is 0 Å². The van der Waals surface area contributed by atoms with Gasteiger partial charge in [-0.15, -0.1) is 0 Å². The van der Waals surface area contributed by atoms with Gasteiger partial charge in [0.2, 0.25) is 0 Å². The fourth-order valence-electron chi connectivity index (χ4n) is 3.06. The van der Waals surface area contributed by atoms with Crippen LogP contribution in [0.1, 0.15) is 24.4 Å². The molecule has 3 rings (SSSR count). The van der Waals surface area contributed by atoms with Gasteiger partial charge in [0.1, 0.15) is 5.75 Å². The Labute approximate surface area is 119 Å². The van der Waals surface area contributed by atoms with Gasteiger partial charge in [0.05, 0.1) is 7.11 Å². The highest BCUT2D eigenvalue weighted by atomic mass is 35.5. The van der Waals surface area contributed by atoms with Crippen molar-refractivity contribution in [3.8, 4) is 5.75 Å². The van der Waals surface area contributed by atoms with E-state index in [4.69, 9.17) is 16.3 Å². The molecule has 4 heteroatoms. The van der Waals surface area contributed by atoms with E-state index in [1.807, 2.05) is 12.1 Å². The standard InChI is InChI=1S/C15H21ClN2O/c1-19-14-5-4-12(16)10-13(14)15(11-2-3-11)18-8-6-17-7-9-18/h4-5,10-11,15,17H,2-3,6-9H2,1H3/t15-/m1/s1. The van der Waals surface area contributed by atoms with Gasteiger partial charge in [-0.05, 0) is 37.0 Å². The zero-order valence-electron chi connectivity index (χ0n) is 11.4. The highest BCUT2D eigenvalue weighted by molar-refractivity contribution is 6.30. The Hall–Kier alpha value is -0.770. The van der Waals surface area contributed by atoms with Crippen LogP contribution in [0.15, 0.2) is 18.2 Å². The third-order valence-electron chi connectivity index (χ3n) is 4.12. The molecule has 1 aliphatic carbocycles. The van der Waals surface area contributed by atoms with Crippen molar-refractivity contribution in [2.75, 3.05) is 33.3 Å². The van der Waals surface area contributed by atoms with Crippen LogP contribution >= 0.6 is 11.6 Å². The van der Waals surface area contributed by atoms with Gasteiger partial charge in [-0.25, -0.2) is 0 Å². The van der Waals surface area contributed by atoms with Gasteiger partial charge in [-0.2, -0.15) is 0 Å². The second kappa shape index (κ2) is 5.70. The van der Waals surface area contributed by atoms with Gasteiger partial charge >= 0.3 is 0 Å². The van der Waals surface area contributed by atoms with Gasteiger partial charge < -0.3 is 10.1 Å². The molecule has 1 aromatic rings. The lowest BCUT2D eigenvalue weighted by Crippen LogP contribution is -2.45. The Morgan fingerprint density at radius 2 is 2.05 bits per heavy atom. The Morgan fingerprint density at radius 3 is 2.68 bits per heavy atom. The summed E-state index contributed by atoms with van der Waals surface area (Å²) in [6.45, 7) is 4.37. The molecule has 3 nitrogen and oxygen atoms in total. The first-order chi connectivity index (χ1) is 9.29. The molecule has 2 aliphatic rings. The summed E-state index contributed by atoms with van der Waals surface area (Å²) in [7, 11) is 1.74. The van der Waals surface area contributed by atoms with Crippen LogP contribution < -0.4 is 10.1 Å². The molecule has 0 aromatic heterocycles. The smallest absolute Gasteiger partial charge is 0.123 e. The molecule has 0 radical (unpaired) electrons. The van der Waals surface area contributed by atoms with E-state index in [1.165, 1.54) is 18.4 Å². The van der Waals surface area contributed by atoms with E-state index in [1.54, 1.807) is 7.11 Å². The molecule has 1 atom stereocenters. The average molecular weight is 281 g/mol. The molecular weight excluding hydrogens is 260 g/mol. The summed E-state index contributed by atoms with van der Waals surface area (Å²) < 4.78 is 5.55. The average Bonchev–Trinajstić information content (AvgIpc) is 3.25. The summed E-state index contributed by atoms with van der Waals surface area (Å²) in [5.74, 6) is 1.74. The summed E-state index contributed by atoms with van der Waals surface area (Å²) >= 11 is 6.20. The molecule has 0 amide bonds. The fourth-order valence-corrected chi connectivity index (χ4v) is 3.24. The Morgan fingerprint density at radius 1 is 1.32 bits per heavy atom. The van der Waals surface area contributed by atoms with Crippen LogP contribution in [0.4, 0.5) is 0 Å². The molecule has 1 saturated heterocycles. The van der Waals surface area contributed by atoms with E-state index < -0.39 is 0 Å². The molecular formula is C15H21ClN2O.